The number of aryl methyl sites for hydroxylation is 1. The quantitative estimate of drug-likeness (QED) is 0.719. The number of carbonyl (C=O) groups excluding carboxylic acids is 2. The van der Waals surface area contributed by atoms with E-state index in [9.17, 15) is 14.0 Å². The smallest absolute Gasteiger partial charge is 0.260 e. The van der Waals surface area contributed by atoms with E-state index in [0.29, 0.717) is 22.5 Å². The van der Waals surface area contributed by atoms with E-state index in [2.05, 4.69) is 10.3 Å². The number of fused-ring (bicyclic) bond motifs is 1. The molecule has 0 aliphatic carbocycles. The first-order chi connectivity index (χ1) is 14.0. The third-order valence-electron chi connectivity index (χ3n) is 5.04. The lowest BCUT2D eigenvalue weighted by atomic mass is 10.1. The molecule has 0 saturated carbocycles. The Hall–Kier alpha value is -3.54. The van der Waals surface area contributed by atoms with Gasteiger partial charge in [-0.05, 0) is 37.3 Å². The summed E-state index contributed by atoms with van der Waals surface area (Å²) in [6.45, 7) is 2.06. The van der Waals surface area contributed by atoms with Crippen molar-refractivity contribution in [2.24, 2.45) is 0 Å². The minimum atomic E-state index is -0.512. The third kappa shape index (κ3) is 3.74. The van der Waals surface area contributed by atoms with Crippen molar-refractivity contribution in [2.45, 2.75) is 25.9 Å². The van der Waals surface area contributed by atoms with Crippen molar-refractivity contribution in [1.29, 1.82) is 0 Å². The van der Waals surface area contributed by atoms with Gasteiger partial charge in [-0.1, -0.05) is 35.9 Å². The fourth-order valence-corrected chi connectivity index (χ4v) is 3.53. The Bertz CT molecular complexity index is 1070. The number of nitrogens with one attached hydrogen (secondary N) is 1. The molecule has 0 saturated heterocycles. The average molecular weight is 389 g/mol. The zero-order valence-electron chi connectivity index (χ0n) is 15.9. The van der Waals surface area contributed by atoms with Crippen molar-refractivity contribution in [3.63, 3.8) is 0 Å². The van der Waals surface area contributed by atoms with E-state index in [1.54, 1.807) is 41.4 Å². The summed E-state index contributed by atoms with van der Waals surface area (Å²) in [5.74, 6) is -0.817. The van der Waals surface area contributed by atoms with Crippen LogP contribution in [0.1, 0.15) is 39.6 Å². The van der Waals surface area contributed by atoms with Gasteiger partial charge >= 0.3 is 0 Å². The van der Waals surface area contributed by atoms with Gasteiger partial charge in [0, 0.05) is 24.0 Å². The van der Waals surface area contributed by atoms with E-state index >= 15 is 0 Å². The van der Waals surface area contributed by atoms with E-state index in [1.807, 2.05) is 31.2 Å². The maximum absolute atomic E-state index is 13.8. The van der Waals surface area contributed by atoms with E-state index in [0.717, 1.165) is 5.56 Å². The lowest BCUT2D eigenvalue weighted by Crippen LogP contribution is -2.33. The van der Waals surface area contributed by atoms with Crippen molar-refractivity contribution in [3.8, 4) is 0 Å². The van der Waals surface area contributed by atoms with Crippen molar-refractivity contribution >= 4 is 17.5 Å². The zero-order chi connectivity index (χ0) is 20.4. The number of halogens is 1. The van der Waals surface area contributed by atoms with Crippen molar-refractivity contribution in [1.82, 2.24) is 10.3 Å². The Morgan fingerprint density at radius 2 is 1.86 bits per heavy atom. The van der Waals surface area contributed by atoms with Crippen LogP contribution in [0, 0.1) is 12.7 Å². The van der Waals surface area contributed by atoms with Crippen LogP contribution in [0.4, 0.5) is 10.1 Å². The molecule has 1 aliphatic rings. The van der Waals surface area contributed by atoms with Gasteiger partial charge in [-0.15, -0.1) is 0 Å². The summed E-state index contributed by atoms with van der Waals surface area (Å²) in [6, 6.07) is 16.8. The van der Waals surface area contributed by atoms with Gasteiger partial charge in [0.25, 0.3) is 5.91 Å². The molecule has 4 rings (SSSR count). The molecule has 3 aromatic rings. The van der Waals surface area contributed by atoms with Gasteiger partial charge in [-0.25, -0.2) is 4.39 Å². The minimum Gasteiger partial charge on any atom is -0.352 e. The summed E-state index contributed by atoms with van der Waals surface area (Å²) in [6.07, 6.45) is 1.66. The zero-order valence-corrected chi connectivity index (χ0v) is 15.9. The van der Waals surface area contributed by atoms with Crippen LogP contribution in [0.2, 0.25) is 0 Å². The molecule has 2 amide bonds. The molecule has 0 radical (unpaired) electrons. The summed E-state index contributed by atoms with van der Waals surface area (Å²) >= 11 is 0. The highest BCUT2D eigenvalue weighted by atomic mass is 19.1. The highest BCUT2D eigenvalue weighted by Gasteiger charge is 2.39. The van der Waals surface area contributed by atoms with Gasteiger partial charge in [0.05, 0.1) is 23.7 Å². The van der Waals surface area contributed by atoms with E-state index < -0.39 is 6.04 Å². The second kappa shape index (κ2) is 7.83. The maximum Gasteiger partial charge on any atom is 0.260 e. The predicted octanol–water partition coefficient (Wildman–Crippen LogP) is 3.94. The molecule has 29 heavy (non-hydrogen) atoms. The predicted molar refractivity (Wildman–Crippen MR) is 108 cm³/mol. The molecule has 0 fully saturated rings. The Kier molecular flexibility index (Phi) is 5.08. The van der Waals surface area contributed by atoms with Crippen LogP contribution in [0.25, 0.3) is 0 Å². The number of carbonyl (C=O) groups is 2. The number of nitrogens with zero attached hydrogens (tertiary/aromatic N) is 2. The van der Waals surface area contributed by atoms with Crippen molar-refractivity contribution < 1.29 is 14.0 Å². The fraction of sp³-hybridized carbons (Fsp3) is 0.174. The standard InChI is InChI=1S/C23H20FN3O2/c1-15-8-10-17(11-9-15)27-20(22-18(23(27)29)6-4-12-25-22)13-21(28)26-14-16-5-2-3-7-19(16)24/h2-12,20H,13-14H2,1H3,(H,26,28). The Labute approximate surface area is 168 Å². The largest absolute Gasteiger partial charge is 0.352 e. The van der Waals surface area contributed by atoms with Gasteiger partial charge in [0.1, 0.15) is 5.82 Å². The second-order valence-corrected chi connectivity index (χ2v) is 7.03. The Morgan fingerprint density at radius 3 is 2.62 bits per heavy atom. The summed E-state index contributed by atoms with van der Waals surface area (Å²) < 4.78 is 13.8. The summed E-state index contributed by atoms with van der Waals surface area (Å²) in [7, 11) is 0. The molecule has 1 atom stereocenters. The summed E-state index contributed by atoms with van der Waals surface area (Å²) in [5, 5.41) is 2.75. The molecular formula is C23H20FN3O2. The SMILES string of the molecule is Cc1ccc(N2C(=O)c3cccnc3C2CC(=O)NCc2ccccc2F)cc1. The minimum absolute atomic E-state index is 0.0398. The monoisotopic (exact) mass is 389 g/mol. The molecular weight excluding hydrogens is 369 g/mol. The van der Waals surface area contributed by atoms with Crippen LogP contribution in [-0.4, -0.2) is 16.8 Å². The topological polar surface area (TPSA) is 62.3 Å². The molecule has 0 bridgehead atoms. The number of benzene rings is 2. The van der Waals surface area contributed by atoms with Gasteiger partial charge in [0.2, 0.25) is 5.91 Å². The lowest BCUT2D eigenvalue weighted by Gasteiger charge is -2.24. The molecule has 2 heterocycles. The molecule has 5 nitrogen and oxygen atoms in total. The molecule has 146 valence electrons. The van der Waals surface area contributed by atoms with E-state index in [-0.39, 0.29) is 30.6 Å². The van der Waals surface area contributed by atoms with Crippen LogP contribution in [0.3, 0.4) is 0 Å². The van der Waals surface area contributed by atoms with Crippen molar-refractivity contribution in [3.05, 3.63) is 95.1 Å². The number of rotatable bonds is 5. The Morgan fingerprint density at radius 1 is 1.10 bits per heavy atom. The van der Waals surface area contributed by atoms with Crippen LogP contribution >= 0.6 is 0 Å². The van der Waals surface area contributed by atoms with Gasteiger partial charge in [-0.2, -0.15) is 0 Å². The van der Waals surface area contributed by atoms with Crippen LogP contribution < -0.4 is 10.2 Å². The average Bonchev–Trinajstić information content (AvgIpc) is 3.00. The van der Waals surface area contributed by atoms with E-state index in [1.165, 1.54) is 6.07 Å². The highest BCUT2D eigenvalue weighted by Crippen LogP contribution is 2.38. The molecule has 1 N–H and O–H groups in total. The number of hydrogen-bond donors (Lipinski definition) is 1. The first-order valence-corrected chi connectivity index (χ1v) is 9.40. The van der Waals surface area contributed by atoms with Crippen molar-refractivity contribution in [2.75, 3.05) is 4.90 Å². The van der Waals surface area contributed by atoms with Gasteiger partial charge in [-0.3, -0.25) is 19.5 Å². The molecule has 0 spiro atoms. The lowest BCUT2D eigenvalue weighted by molar-refractivity contribution is -0.121. The Balaban J connectivity index is 1.57. The molecule has 1 aromatic heterocycles. The molecule has 1 unspecified atom stereocenters. The maximum atomic E-state index is 13.8. The number of pyridine rings is 1. The number of amides is 2. The normalized spacial score (nSPS) is 15.3. The van der Waals surface area contributed by atoms with Crippen LogP contribution in [-0.2, 0) is 11.3 Å². The molecule has 6 heteroatoms. The number of hydrogen-bond acceptors (Lipinski definition) is 3. The molecule has 2 aromatic carbocycles. The van der Waals surface area contributed by atoms with Gasteiger partial charge < -0.3 is 5.32 Å². The second-order valence-electron chi connectivity index (χ2n) is 7.03. The van der Waals surface area contributed by atoms with E-state index in [4.69, 9.17) is 0 Å². The van der Waals surface area contributed by atoms with Crippen LogP contribution in [0.5, 0.6) is 0 Å². The summed E-state index contributed by atoms with van der Waals surface area (Å²) in [5.41, 5.74) is 3.29. The third-order valence-corrected chi connectivity index (χ3v) is 5.04. The van der Waals surface area contributed by atoms with Crippen LogP contribution in [0.15, 0.2) is 66.9 Å². The van der Waals surface area contributed by atoms with Gasteiger partial charge in [0.15, 0.2) is 0 Å². The molecule has 1 aliphatic heterocycles. The fourth-order valence-electron chi connectivity index (χ4n) is 3.53. The first kappa shape index (κ1) is 18.8. The first-order valence-electron chi connectivity index (χ1n) is 9.40. The highest BCUT2D eigenvalue weighted by molar-refractivity contribution is 6.11. The summed E-state index contributed by atoms with van der Waals surface area (Å²) in [4.78, 5) is 31.6. The number of aromatic nitrogens is 1. The number of anilines is 1.